The molecule has 1 fully saturated rings. The summed E-state index contributed by atoms with van der Waals surface area (Å²) in [4.78, 5) is 4.91. The fraction of sp³-hybridized carbons (Fsp3) is 0.667. The molecule has 1 saturated heterocycles. The van der Waals surface area contributed by atoms with Gasteiger partial charge in [-0.05, 0) is 30.0 Å². The highest BCUT2D eigenvalue weighted by Crippen LogP contribution is 2.16. The summed E-state index contributed by atoms with van der Waals surface area (Å²) in [7, 11) is -3.06. The highest BCUT2D eigenvalue weighted by molar-refractivity contribution is 7.88. The maximum Gasteiger partial charge on any atom is 0.208 e. The highest BCUT2D eigenvalue weighted by Gasteiger charge is 2.16. The second-order valence-electron chi connectivity index (χ2n) is 7.03. The molecule has 136 valence electrons. The molecule has 0 aliphatic carbocycles. The Labute approximate surface area is 147 Å². The molecule has 1 aromatic rings. The lowest BCUT2D eigenvalue weighted by atomic mass is 10.0. The van der Waals surface area contributed by atoms with Crippen LogP contribution in [0.2, 0.25) is 0 Å². The summed E-state index contributed by atoms with van der Waals surface area (Å²) in [5.74, 6) is 0.583. The van der Waals surface area contributed by atoms with Crippen LogP contribution in [0.5, 0.6) is 0 Å². The van der Waals surface area contributed by atoms with Gasteiger partial charge in [0.1, 0.15) is 0 Å². The van der Waals surface area contributed by atoms with Gasteiger partial charge in [0, 0.05) is 39.3 Å². The van der Waals surface area contributed by atoms with Crippen LogP contribution in [0.15, 0.2) is 24.3 Å². The van der Waals surface area contributed by atoms with E-state index in [-0.39, 0.29) is 0 Å². The third kappa shape index (κ3) is 6.89. The lowest BCUT2D eigenvalue weighted by Gasteiger charge is -2.34. The number of nitrogens with one attached hydrogen (secondary N) is 1. The summed E-state index contributed by atoms with van der Waals surface area (Å²) in [6.45, 7) is 11.2. The van der Waals surface area contributed by atoms with Crippen molar-refractivity contribution in [1.82, 2.24) is 14.5 Å². The SMILES string of the molecule is CC(C)c1ccc(CN2CCN(CCCNS(C)(=O)=O)CC2)cc1. The van der Waals surface area contributed by atoms with Crippen molar-refractivity contribution >= 4 is 10.0 Å². The van der Waals surface area contributed by atoms with Gasteiger partial charge in [-0.1, -0.05) is 38.1 Å². The predicted molar refractivity (Wildman–Crippen MR) is 99.7 cm³/mol. The average Bonchev–Trinajstić information content (AvgIpc) is 2.53. The van der Waals surface area contributed by atoms with E-state index < -0.39 is 10.0 Å². The van der Waals surface area contributed by atoms with Crippen LogP contribution in [0.25, 0.3) is 0 Å². The fourth-order valence-electron chi connectivity index (χ4n) is 3.00. The molecule has 1 aliphatic rings. The third-order valence-corrected chi connectivity index (χ3v) is 5.26. The molecule has 1 aliphatic heterocycles. The van der Waals surface area contributed by atoms with Crippen LogP contribution >= 0.6 is 0 Å². The summed E-state index contributed by atoms with van der Waals surface area (Å²) in [5, 5.41) is 0. The van der Waals surface area contributed by atoms with E-state index in [9.17, 15) is 8.42 Å². The standard InChI is InChI=1S/C18H31N3O2S/c1-16(2)18-7-5-17(6-8-18)15-21-13-11-20(12-14-21)10-4-9-19-24(3,22)23/h5-8,16,19H,4,9-15H2,1-3H3. The molecule has 24 heavy (non-hydrogen) atoms. The summed E-state index contributed by atoms with van der Waals surface area (Å²) < 4.78 is 24.6. The molecule has 0 amide bonds. The molecule has 0 radical (unpaired) electrons. The van der Waals surface area contributed by atoms with Gasteiger partial charge in [-0.25, -0.2) is 13.1 Å². The largest absolute Gasteiger partial charge is 0.301 e. The maximum atomic E-state index is 11.0. The van der Waals surface area contributed by atoms with E-state index >= 15 is 0 Å². The highest BCUT2D eigenvalue weighted by atomic mass is 32.2. The molecule has 0 atom stereocenters. The molecular weight excluding hydrogens is 322 g/mol. The van der Waals surface area contributed by atoms with Gasteiger partial charge in [0.15, 0.2) is 0 Å². The van der Waals surface area contributed by atoms with Crippen molar-refractivity contribution in [3.8, 4) is 0 Å². The summed E-state index contributed by atoms with van der Waals surface area (Å²) in [6, 6.07) is 8.98. The van der Waals surface area contributed by atoms with E-state index in [1.165, 1.54) is 17.4 Å². The van der Waals surface area contributed by atoms with E-state index in [4.69, 9.17) is 0 Å². The van der Waals surface area contributed by atoms with Gasteiger partial charge in [-0.2, -0.15) is 0 Å². The van der Waals surface area contributed by atoms with Crippen LogP contribution in [0, 0.1) is 0 Å². The van der Waals surface area contributed by atoms with E-state index in [1.807, 2.05) is 0 Å². The zero-order chi connectivity index (χ0) is 17.6. The first kappa shape index (κ1) is 19.4. The average molecular weight is 354 g/mol. The van der Waals surface area contributed by atoms with Crippen LogP contribution in [-0.4, -0.2) is 63.7 Å². The molecule has 0 bridgehead atoms. The molecule has 0 saturated carbocycles. The van der Waals surface area contributed by atoms with Gasteiger partial charge in [-0.3, -0.25) is 4.90 Å². The van der Waals surface area contributed by atoms with Crippen molar-refractivity contribution in [1.29, 1.82) is 0 Å². The second-order valence-corrected chi connectivity index (χ2v) is 8.87. The van der Waals surface area contributed by atoms with Gasteiger partial charge < -0.3 is 4.90 Å². The first-order valence-electron chi connectivity index (χ1n) is 8.81. The molecule has 0 spiro atoms. The monoisotopic (exact) mass is 353 g/mol. The number of benzene rings is 1. The van der Waals surface area contributed by atoms with Gasteiger partial charge in [0.05, 0.1) is 6.26 Å². The number of sulfonamides is 1. The molecule has 1 heterocycles. The summed E-state index contributed by atoms with van der Waals surface area (Å²) in [6.07, 6.45) is 2.07. The minimum atomic E-state index is -3.06. The number of hydrogen-bond donors (Lipinski definition) is 1. The van der Waals surface area contributed by atoms with Crippen molar-refractivity contribution in [2.24, 2.45) is 0 Å². The number of nitrogens with zero attached hydrogens (tertiary/aromatic N) is 2. The zero-order valence-electron chi connectivity index (χ0n) is 15.2. The van der Waals surface area contributed by atoms with Crippen molar-refractivity contribution in [2.75, 3.05) is 45.5 Å². The van der Waals surface area contributed by atoms with E-state index in [2.05, 4.69) is 52.6 Å². The summed E-state index contributed by atoms with van der Waals surface area (Å²) >= 11 is 0. The minimum Gasteiger partial charge on any atom is -0.301 e. The number of rotatable bonds is 8. The molecule has 1 aromatic carbocycles. The quantitative estimate of drug-likeness (QED) is 0.725. The van der Waals surface area contributed by atoms with Crippen LogP contribution < -0.4 is 4.72 Å². The Bertz CT molecular complexity index is 591. The van der Waals surface area contributed by atoms with Gasteiger partial charge in [-0.15, -0.1) is 0 Å². The van der Waals surface area contributed by atoms with E-state index in [1.54, 1.807) is 0 Å². The minimum absolute atomic E-state index is 0.529. The van der Waals surface area contributed by atoms with Crippen molar-refractivity contribution < 1.29 is 8.42 Å². The Hall–Kier alpha value is -0.950. The second kappa shape index (κ2) is 8.94. The Morgan fingerprint density at radius 3 is 2.17 bits per heavy atom. The molecular formula is C18H31N3O2S. The summed E-state index contributed by atoms with van der Waals surface area (Å²) in [5.41, 5.74) is 2.77. The van der Waals surface area contributed by atoms with Crippen LogP contribution in [-0.2, 0) is 16.6 Å². The van der Waals surface area contributed by atoms with Gasteiger partial charge in [0.2, 0.25) is 10.0 Å². The first-order valence-corrected chi connectivity index (χ1v) is 10.7. The molecule has 0 unspecified atom stereocenters. The van der Waals surface area contributed by atoms with Crippen molar-refractivity contribution in [3.63, 3.8) is 0 Å². The molecule has 5 nitrogen and oxygen atoms in total. The Balaban J connectivity index is 1.67. The number of hydrogen-bond acceptors (Lipinski definition) is 4. The number of piperazine rings is 1. The Kier molecular flexibility index (Phi) is 7.22. The van der Waals surface area contributed by atoms with Crippen LogP contribution in [0.4, 0.5) is 0 Å². The van der Waals surface area contributed by atoms with E-state index in [0.717, 1.165) is 45.7 Å². The maximum absolute atomic E-state index is 11.0. The van der Waals surface area contributed by atoms with Crippen LogP contribution in [0.1, 0.15) is 37.3 Å². The molecule has 2 rings (SSSR count). The lowest BCUT2D eigenvalue weighted by Crippen LogP contribution is -2.46. The van der Waals surface area contributed by atoms with Crippen LogP contribution in [0.3, 0.4) is 0 Å². The molecule has 1 N–H and O–H groups in total. The predicted octanol–water partition coefficient (Wildman–Crippen LogP) is 1.87. The fourth-order valence-corrected chi connectivity index (χ4v) is 3.51. The van der Waals surface area contributed by atoms with Gasteiger partial charge >= 0.3 is 0 Å². The first-order chi connectivity index (χ1) is 11.3. The van der Waals surface area contributed by atoms with Gasteiger partial charge in [0.25, 0.3) is 0 Å². The third-order valence-electron chi connectivity index (χ3n) is 4.53. The normalized spacial score (nSPS) is 17.5. The smallest absolute Gasteiger partial charge is 0.208 e. The lowest BCUT2D eigenvalue weighted by molar-refractivity contribution is 0.126. The Morgan fingerprint density at radius 1 is 1.04 bits per heavy atom. The zero-order valence-corrected chi connectivity index (χ0v) is 16.0. The molecule has 6 heteroatoms. The van der Waals surface area contributed by atoms with Crippen molar-refractivity contribution in [3.05, 3.63) is 35.4 Å². The molecule has 0 aromatic heterocycles. The van der Waals surface area contributed by atoms with E-state index in [0.29, 0.717) is 12.5 Å². The topological polar surface area (TPSA) is 52.6 Å². The Morgan fingerprint density at radius 2 is 1.62 bits per heavy atom. The van der Waals surface area contributed by atoms with Crippen molar-refractivity contribution in [2.45, 2.75) is 32.7 Å².